The van der Waals surface area contributed by atoms with Crippen LogP contribution >= 0.6 is 0 Å². The molecule has 0 aromatic rings. The van der Waals surface area contributed by atoms with E-state index in [1.807, 2.05) is 0 Å². The van der Waals surface area contributed by atoms with Crippen molar-refractivity contribution in [1.82, 2.24) is 4.90 Å². The van der Waals surface area contributed by atoms with E-state index in [4.69, 9.17) is 5.53 Å². The van der Waals surface area contributed by atoms with Gasteiger partial charge in [0.1, 0.15) is 0 Å². The van der Waals surface area contributed by atoms with Crippen molar-refractivity contribution in [1.29, 1.82) is 0 Å². The largest absolute Gasteiger partial charge is 0.393 e. The van der Waals surface area contributed by atoms with Gasteiger partial charge in [0.15, 0.2) is 0 Å². The standard InChI is InChI=1S/C9H15F3N4/c10-9(11,12)8-3-1-5-16(7-8)6-2-4-14-15-13/h8H,1-7H2. The number of alkyl halides is 3. The highest BCUT2D eigenvalue weighted by Crippen LogP contribution is 2.32. The van der Waals surface area contributed by atoms with Gasteiger partial charge < -0.3 is 4.90 Å². The lowest BCUT2D eigenvalue weighted by Gasteiger charge is -2.33. The van der Waals surface area contributed by atoms with E-state index in [1.54, 1.807) is 4.90 Å². The van der Waals surface area contributed by atoms with Crippen molar-refractivity contribution in [2.75, 3.05) is 26.2 Å². The molecule has 1 unspecified atom stereocenters. The highest BCUT2D eigenvalue weighted by Gasteiger charge is 2.41. The normalized spacial score (nSPS) is 22.8. The fraction of sp³-hybridized carbons (Fsp3) is 1.00. The Kier molecular flexibility index (Phi) is 4.89. The third-order valence-electron chi connectivity index (χ3n) is 2.76. The first-order chi connectivity index (χ1) is 7.54. The summed E-state index contributed by atoms with van der Waals surface area (Å²) in [4.78, 5) is 4.40. The zero-order chi connectivity index (χ0) is 12.0. The third-order valence-corrected chi connectivity index (χ3v) is 2.76. The molecule has 1 heterocycles. The summed E-state index contributed by atoms with van der Waals surface area (Å²) in [6.07, 6.45) is -2.64. The molecule has 0 amide bonds. The second kappa shape index (κ2) is 5.96. The second-order valence-electron chi connectivity index (χ2n) is 3.99. The molecule has 0 aliphatic carbocycles. The molecule has 1 fully saturated rings. The van der Waals surface area contributed by atoms with Gasteiger partial charge >= 0.3 is 6.18 Å². The van der Waals surface area contributed by atoms with Crippen LogP contribution < -0.4 is 0 Å². The van der Waals surface area contributed by atoms with Gasteiger partial charge in [-0.3, -0.25) is 0 Å². The maximum Gasteiger partial charge on any atom is 0.393 e. The highest BCUT2D eigenvalue weighted by atomic mass is 19.4. The average molecular weight is 236 g/mol. The molecule has 1 aliphatic heterocycles. The van der Waals surface area contributed by atoms with Crippen molar-refractivity contribution in [2.45, 2.75) is 25.4 Å². The molecule has 4 nitrogen and oxygen atoms in total. The summed E-state index contributed by atoms with van der Waals surface area (Å²) in [6.45, 7) is 1.72. The maximum absolute atomic E-state index is 12.5. The summed E-state index contributed by atoms with van der Waals surface area (Å²) in [7, 11) is 0. The maximum atomic E-state index is 12.5. The number of hydrogen-bond donors (Lipinski definition) is 0. The van der Waals surface area contributed by atoms with Crippen LogP contribution in [0, 0.1) is 5.92 Å². The summed E-state index contributed by atoms with van der Waals surface area (Å²) in [5.41, 5.74) is 8.05. The van der Waals surface area contributed by atoms with Crippen LogP contribution in [-0.4, -0.2) is 37.3 Å². The van der Waals surface area contributed by atoms with Gasteiger partial charge in [0, 0.05) is 18.0 Å². The Morgan fingerprint density at radius 3 is 2.81 bits per heavy atom. The van der Waals surface area contributed by atoms with Gasteiger partial charge in [-0.2, -0.15) is 13.2 Å². The van der Waals surface area contributed by atoms with Gasteiger partial charge in [-0.25, -0.2) is 0 Å². The van der Waals surface area contributed by atoms with E-state index in [1.165, 1.54) is 0 Å². The van der Waals surface area contributed by atoms with Crippen molar-refractivity contribution in [3.63, 3.8) is 0 Å². The lowest BCUT2D eigenvalue weighted by atomic mass is 9.97. The molecule has 1 rings (SSSR count). The molecule has 1 saturated heterocycles. The molecule has 92 valence electrons. The van der Waals surface area contributed by atoms with Crippen molar-refractivity contribution in [3.8, 4) is 0 Å². The predicted molar refractivity (Wildman–Crippen MR) is 53.8 cm³/mol. The van der Waals surface area contributed by atoms with E-state index in [2.05, 4.69) is 10.0 Å². The molecule has 1 aliphatic rings. The number of hydrogen-bond acceptors (Lipinski definition) is 2. The number of azide groups is 1. The van der Waals surface area contributed by atoms with Crippen LogP contribution in [0.3, 0.4) is 0 Å². The van der Waals surface area contributed by atoms with Gasteiger partial charge in [-0.1, -0.05) is 5.11 Å². The monoisotopic (exact) mass is 236 g/mol. The van der Waals surface area contributed by atoms with Gasteiger partial charge in [-0.15, -0.1) is 0 Å². The van der Waals surface area contributed by atoms with Gasteiger partial charge in [-0.05, 0) is 37.9 Å². The minimum Gasteiger partial charge on any atom is -0.303 e. The van der Waals surface area contributed by atoms with E-state index in [0.29, 0.717) is 32.5 Å². The molecular formula is C9H15F3N4. The smallest absolute Gasteiger partial charge is 0.303 e. The molecule has 0 N–H and O–H groups in total. The fourth-order valence-corrected chi connectivity index (χ4v) is 1.94. The van der Waals surface area contributed by atoms with Crippen molar-refractivity contribution in [3.05, 3.63) is 10.4 Å². The number of halogens is 3. The topological polar surface area (TPSA) is 52.0 Å². The lowest BCUT2D eigenvalue weighted by Crippen LogP contribution is -2.42. The summed E-state index contributed by atoms with van der Waals surface area (Å²) in [5.74, 6) is -1.19. The lowest BCUT2D eigenvalue weighted by molar-refractivity contribution is -0.186. The van der Waals surface area contributed by atoms with E-state index < -0.39 is 12.1 Å². The number of rotatable bonds is 4. The van der Waals surface area contributed by atoms with E-state index >= 15 is 0 Å². The Labute approximate surface area is 92.0 Å². The Morgan fingerprint density at radius 2 is 2.19 bits per heavy atom. The second-order valence-corrected chi connectivity index (χ2v) is 3.99. The highest BCUT2D eigenvalue weighted by molar-refractivity contribution is 4.77. The molecule has 0 radical (unpaired) electrons. The first kappa shape index (κ1) is 13.1. The van der Waals surface area contributed by atoms with Crippen LogP contribution in [0.15, 0.2) is 5.11 Å². The summed E-state index contributed by atoms with van der Waals surface area (Å²) in [6, 6.07) is 0. The molecule has 0 aromatic heterocycles. The Bertz CT molecular complexity index is 260. The van der Waals surface area contributed by atoms with Crippen LogP contribution in [0.2, 0.25) is 0 Å². The molecule has 7 heteroatoms. The fourth-order valence-electron chi connectivity index (χ4n) is 1.94. The van der Waals surface area contributed by atoms with Gasteiger partial charge in [0.25, 0.3) is 0 Å². The van der Waals surface area contributed by atoms with E-state index in [9.17, 15) is 13.2 Å². The van der Waals surface area contributed by atoms with Crippen LogP contribution in [0.4, 0.5) is 13.2 Å². The number of piperidine rings is 1. The SMILES string of the molecule is [N-]=[N+]=NCCCN1CCCC(C(F)(F)F)C1. The van der Waals surface area contributed by atoms with Crippen LogP contribution in [0.25, 0.3) is 10.4 Å². The molecule has 0 aromatic carbocycles. The molecule has 0 bridgehead atoms. The molecule has 0 saturated carbocycles. The summed E-state index contributed by atoms with van der Waals surface area (Å²) >= 11 is 0. The molecular weight excluding hydrogens is 221 g/mol. The van der Waals surface area contributed by atoms with Crippen LogP contribution in [0.5, 0.6) is 0 Å². The Morgan fingerprint density at radius 1 is 1.44 bits per heavy atom. The van der Waals surface area contributed by atoms with E-state index in [0.717, 1.165) is 0 Å². The minimum absolute atomic E-state index is 0.0831. The van der Waals surface area contributed by atoms with Gasteiger partial charge in [0.05, 0.1) is 5.92 Å². The van der Waals surface area contributed by atoms with Crippen LogP contribution in [-0.2, 0) is 0 Å². The molecule has 16 heavy (non-hydrogen) atoms. The average Bonchev–Trinajstić information content (AvgIpc) is 2.24. The first-order valence-corrected chi connectivity index (χ1v) is 5.34. The third kappa shape index (κ3) is 4.28. The number of nitrogens with zero attached hydrogens (tertiary/aromatic N) is 4. The summed E-state index contributed by atoms with van der Waals surface area (Å²) in [5, 5.41) is 3.36. The van der Waals surface area contributed by atoms with Gasteiger partial charge in [0.2, 0.25) is 0 Å². The minimum atomic E-state index is -4.08. The number of likely N-dealkylation sites (tertiary alicyclic amines) is 1. The zero-order valence-electron chi connectivity index (χ0n) is 8.95. The van der Waals surface area contributed by atoms with Crippen molar-refractivity contribution >= 4 is 0 Å². The van der Waals surface area contributed by atoms with Crippen molar-refractivity contribution < 1.29 is 13.2 Å². The Balaban J connectivity index is 2.30. The molecule has 0 spiro atoms. The van der Waals surface area contributed by atoms with E-state index in [-0.39, 0.29) is 13.0 Å². The zero-order valence-corrected chi connectivity index (χ0v) is 8.95. The van der Waals surface area contributed by atoms with Crippen LogP contribution in [0.1, 0.15) is 19.3 Å². The quantitative estimate of drug-likeness (QED) is 0.320. The first-order valence-electron chi connectivity index (χ1n) is 5.34. The predicted octanol–water partition coefficient (Wildman–Crippen LogP) is 2.96. The van der Waals surface area contributed by atoms with Crippen molar-refractivity contribution in [2.24, 2.45) is 11.0 Å². The summed E-state index contributed by atoms with van der Waals surface area (Å²) < 4.78 is 37.4. The Hall–Kier alpha value is -0.940. The molecule has 1 atom stereocenters.